The Morgan fingerprint density at radius 2 is 1.80 bits per heavy atom. The van der Waals surface area contributed by atoms with Crippen molar-refractivity contribution in [2.75, 3.05) is 5.75 Å². The second kappa shape index (κ2) is 7.60. The Bertz CT molecular complexity index is 730. The van der Waals surface area contributed by atoms with Gasteiger partial charge >= 0.3 is 0 Å². The Balaban J connectivity index is 1.68. The molecule has 1 fully saturated rings. The van der Waals surface area contributed by atoms with Gasteiger partial charge in [0, 0.05) is 24.7 Å². The molecule has 134 valence electrons. The third-order valence-electron chi connectivity index (χ3n) is 4.95. The molecular formula is C19H26N4OS. The van der Waals surface area contributed by atoms with Crippen LogP contribution in [0, 0.1) is 6.92 Å². The zero-order chi connectivity index (χ0) is 18.0. The fourth-order valence-corrected chi connectivity index (χ4v) is 4.29. The zero-order valence-electron chi connectivity index (χ0n) is 15.4. The Hall–Kier alpha value is -1.82. The van der Waals surface area contributed by atoms with E-state index in [4.69, 9.17) is 0 Å². The second-order valence-corrected chi connectivity index (χ2v) is 7.89. The second-order valence-electron chi connectivity index (χ2n) is 6.95. The maximum atomic E-state index is 12.7. The summed E-state index contributed by atoms with van der Waals surface area (Å²) in [4.78, 5) is 14.7. The molecule has 25 heavy (non-hydrogen) atoms. The molecule has 5 nitrogen and oxygen atoms in total. The minimum absolute atomic E-state index is 0.199. The average molecular weight is 359 g/mol. The van der Waals surface area contributed by atoms with Crippen molar-refractivity contribution in [1.82, 2.24) is 19.7 Å². The van der Waals surface area contributed by atoms with Crippen molar-refractivity contribution in [2.45, 2.75) is 57.3 Å². The van der Waals surface area contributed by atoms with Crippen molar-refractivity contribution in [3.05, 3.63) is 29.8 Å². The highest BCUT2D eigenvalue weighted by molar-refractivity contribution is 7.99. The summed E-state index contributed by atoms with van der Waals surface area (Å²) in [5.41, 5.74) is 2.26. The predicted octanol–water partition coefficient (Wildman–Crippen LogP) is 3.67. The summed E-state index contributed by atoms with van der Waals surface area (Å²) in [7, 11) is 1.95. The number of benzene rings is 1. The van der Waals surface area contributed by atoms with Gasteiger partial charge in [-0.3, -0.25) is 4.79 Å². The molecule has 0 N–H and O–H groups in total. The van der Waals surface area contributed by atoms with Gasteiger partial charge in [0.2, 0.25) is 5.91 Å². The Labute approximate surface area is 153 Å². The number of amides is 1. The Morgan fingerprint density at radius 1 is 1.16 bits per heavy atom. The van der Waals surface area contributed by atoms with Crippen molar-refractivity contribution >= 4 is 17.7 Å². The lowest BCUT2D eigenvalue weighted by molar-refractivity contribution is -0.134. The number of carbonyl (C=O) groups excluding carboxylic acids is 1. The van der Waals surface area contributed by atoms with Gasteiger partial charge in [-0.2, -0.15) is 0 Å². The van der Waals surface area contributed by atoms with Crippen molar-refractivity contribution in [1.29, 1.82) is 0 Å². The third-order valence-corrected chi connectivity index (χ3v) is 5.96. The summed E-state index contributed by atoms with van der Waals surface area (Å²) in [5, 5.41) is 9.36. The first-order chi connectivity index (χ1) is 12.0. The molecular weight excluding hydrogens is 332 g/mol. The summed E-state index contributed by atoms with van der Waals surface area (Å²) in [6.45, 7) is 6.36. The first kappa shape index (κ1) is 18.0. The number of hydrogen-bond donors (Lipinski definition) is 0. The molecule has 2 heterocycles. The van der Waals surface area contributed by atoms with Crippen LogP contribution in [-0.2, 0) is 11.8 Å². The number of nitrogens with zero attached hydrogens (tertiary/aromatic N) is 4. The lowest BCUT2D eigenvalue weighted by atomic mass is 9.98. The van der Waals surface area contributed by atoms with E-state index in [1.165, 1.54) is 23.7 Å². The molecule has 0 spiro atoms. The molecule has 2 atom stereocenters. The third kappa shape index (κ3) is 3.89. The van der Waals surface area contributed by atoms with Crippen LogP contribution in [0.2, 0.25) is 0 Å². The maximum absolute atomic E-state index is 12.7. The molecule has 1 saturated heterocycles. The van der Waals surface area contributed by atoms with Crippen LogP contribution < -0.4 is 0 Å². The number of aryl methyl sites for hydroxylation is 1. The highest BCUT2D eigenvalue weighted by atomic mass is 32.2. The molecule has 1 aliphatic heterocycles. The van der Waals surface area contributed by atoms with Crippen LogP contribution in [0.25, 0.3) is 11.4 Å². The molecule has 3 rings (SSSR count). The standard InChI is InChI=1S/C19H26N4OS/c1-13-8-10-16(11-9-13)18-20-21-19(22(18)4)25-12-17(24)23-14(2)6-5-7-15(23)3/h8-11,14-15H,5-7,12H2,1-4H3. The Kier molecular flexibility index (Phi) is 5.47. The smallest absolute Gasteiger partial charge is 0.233 e. The van der Waals surface area contributed by atoms with Crippen molar-refractivity contribution in [3.8, 4) is 11.4 Å². The summed E-state index contributed by atoms with van der Waals surface area (Å²) in [6, 6.07) is 8.91. The van der Waals surface area contributed by atoms with Gasteiger partial charge in [-0.15, -0.1) is 10.2 Å². The van der Waals surface area contributed by atoms with E-state index in [0.29, 0.717) is 17.8 Å². The minimum Gasteiger partial charge on any atom is -0.337 e. The van der Waals surface area contributed by atoms with Crippen LogP contribution in [0.3, 0.4) is 0 Å². The van der Waals surface area contributed by atoms with Crippen LogP contribution in [-0.4, -0.2) is 43.4 Å². The number of thioether (sulfide) groups is 1. The SMILES string of the molecule is Cc1ccc(-c2nnc(SCC(=O)N3C(C)CCCC3C)n2C)cc1. The number of likely N-dealkylation sites (tertiary alicyclic amines) is 1. The quantitative estimate of drug-likeness (QED) is 0.783. The van der Waals surface area contributed by atoms with Crippen LogP contribution in [0.5, 0.6) is 0 Å². The molecule has 2 unspecified atom stereocenters. The number of aromatic nitrogens is 3. The fraction of sp³-hybridized carbons (Fsp3) is 0.526. The van der Waals surface area contributed by atoms with E-state index in [2.05, 4.69) is 55.2 Å². The van der Waals surface area contributed by atoms with Crippen LogP contribution >= 0.6 is 11.8 Å². The van der Waals surface area contributed by atoms with Crippen LogP contribution in [0.4, 0.5) is 0 Å². The predicted molar refractivity (Wildman–Crippen MR) is 102 cm³/mol. The molecule has 0 aliphatic carbocycles. The summed E-state index contributed by atoms with van der Waals surface area (Å²) < 4.78 is 1.96. The molecule has 0 radical (unpaired) electrons. The lowest BCUT2D eigenvalue weighted by Crippen LogP contribution is -2.48. The molecule has 1 aromatic carbocycles. The van der Waals surface area contributed by atoms with E-state index in [0.717, 1.165) is 29.4 Å². The molecule has 0 bridgehead atoms. The van der Waals surface area contributed by atoms with Gasteiger partial charge in [0.15, 0.2) is 11.0 Å². The normalized spacial score (nSPS) is 20.7. The van der Waals surface area contributed by atoms with Gasteiger partial charge in [-0.05, 0) is 40.0 Å². The maximum Gasteiger partial charge on any atom is 0.233 e. The number of piperidine rings is 1. The summed E-state index contributed by atoms with van der Waals surface area (Å²) >= 11 is 1.47. The van der Waals surface area contributed by atoms with E-state index in [9.17, 15) is 4.79 Å². The number of hydrogen-bond acceptors (Lipinski definition) is 4. The van der Waals surface area contributed by atoms with E-state index >= 15 is 0 Å². The van der Waals surface area contributed by atoms with Crippen molar-refractivity contribution < 1.29 is 4.79 Å². The number of rotatable bonds is 4. The topological polar surface area (TPSA) is 51.0 Å². The van der Waals surface area contributed by atoms with E-state index in [1.807, 2.05) is 16.5 Å². The van der Waals surface area contributed by atoms with Gasteiger partial charge in [0.25, 0.3) is 0 Å². The molecule has 2 aromatic rings. The first-order valence-corrected chi connectivity index (χ1v) is 9.86. The van der Waals surface area contributed by atoms with E-state index in [-0.39, 0.29) is 5.91 Å². The molecule has 0 saturated carbocycles. The van der Waals surface area contributed by atoms with Gasteiger partial charge < -0.3 is 9.47 Å². The molecule has 1 aromatic heterocycles. The molecule has 1 amide bonds. The highest BCUT2D eigenvalue weighted by Gasteiger charge is 2.29. The van der Waals surface area contributed by atoms with E-state index in [1.54, 1.807) is 0 Å². The van der Waals surface area contributed by atoms with Gasteiger partial charge in [0.05, 0.1) is 5.75 Å². The minimum atomic E-state index is 0.199. The summed E-state index contributed by atoms with van der Waals surface area (Å²) in [6.07, 6.45) is 3.41. The summed E-state index contributed by atoms with van der Waals surface area (Å²) in [5.74, 6) is 1.44. The Morgan fingerprint density at radius 3 is 2.44 bits per heavy atom. The zero-order valence-corrected chi connectivity index (χ0v) is 16.2. The van der Waals surface area contributed by atoms with Crippen molar-refractivity contribution in [3.63, 3.8) is 0 Å². The molecule has 6 heteroatoms. The largest absolute Gasteiger partial charge is 0.337 e. The van der Waals surface area contributed by atoms with Gasteiger partial charge in [-0.1, -0.05) is 41.6 Å². The van der Waals surface area contributed by atoms with Gasteiger partial charge in [-0.25, -0.2) is 0 Å². The fourth-order valence-electron chi connectivity index (χ4n) is 3.51. The monoisotopic (exact) mass is 358 g/mol. The van der Waals surface area contributed by atoms with Crippen LogP contribution in [0.1, 0.15) is 38.7 Å². The first-order valence-electron chi connectivity index (χ1n) is 8.87. The lowest BCUT2D eigenvalue weighted by Gasteiger charge is -2.39. The number of carbonyl (C=O) groups is 1. The van der Waals surface area contributed by atoms with Crippen LogP contribution in [0.15, 0.2) is 29.4 Å². The highest BCUT2D eigenvalue weighted by Crippen LogP contribution is 2.26. The van der Waals surface area contributed by atoms with Gasteiger partial charge in [0.1, 0.15) is 0 Å². The molecule has 1 aliphatic rings. The average Bonchev–Trinajstić information content (AvgIpc) is 2.94. The van der Waals surface area contributed by atoms with E-state index < -0.39 is 0 Å². The van der Waals surface area contributed by atoms with Crippen molar-refractivity contribution in [2.24, 2.45) is 7.05 Å².